The fraction of sp³-hybridized carbons (Fsp3) is 0.143. The molecule has 7 heteroatoms. The highest BCUT2D eigenvalue weighted by atomic mass is 35.5. The van der Waals surface area contributed by atoms with E-state index in [4.69, 9.17) is 11.6 Å². The molecule has 0 spiro atoms. The number of hydrogen-bond acceptors (Lipinski definition) is 6. The summed E-state index contributed by atoms with van der Waals surface area (Å²) in [6, 6.07) is 24.7. The van der Waals surface area contributed by atoms with E-state index in [1.54, 1.807) is 78.9 Å². The van der Waals surface area contributed by atoms with Crippen molar-refractivity contribution >= 4 is 17.3 Å². The fourth-order valence-corrected chi connectivity index (χ4v) is 4.08. The number of benzene rings is 3. The topological polar surface area (TPSA) is 87.4 Å². The smallest absolute Gasteiger partial charge is 0.308 e. The molecule has 3 atom stereocenters. The SMILES string of the molecule is ON1C(O)(Cl)N(c2ccccc2)C(O)(c2ccccc2)C1(O)c1ccccc1. The lowest BCUT2D eigenvalue weighted by atomic mass is 9.86. The van der Waals surface area contributed by atoms with Crippen LogP contribution in [0.5, 0.6) is 0 Å². The van der Waals surface area contributed by atoms with Crippen LogP contribution in [-0.2, 0) is 11.4 Å². The molecule has 0 aromatic heterocycles. The van der Waals surface area contributed by atoms with Gasteiger partial charge in [0.05, 0.1) is 0 Å². The van der Waals surface area contributed by atoms with Gasteiger partial charge in [0.1, 0.15) is 0 Å². The first kappa shape index (κ1) is 18.9. The third-order valence-corrected chi connectivity index (χ3v) is 5.37. The van der Waals surface area contributed by atoms with Crippen LogP contribution < -0.4 is 4.90 Å². The Morgan fingerprint density at radius 3 is 1.46 bits per heavy atom. The molecule has 1 heterocycles. The molecule has 0 saturated carbocycles. The summed E-state index contributed by atoms with van der Waals surface area (Å²) in [5, 5.41) is 43.1. The minimum absolute atomic E-state index is 0.140. The van der Waals surface area contributed by atoms with Crippen molar-refractivity contribution in [2.24, 2.45) is 0 Å². The van der Waals surface area contributed by atoms with Crippen LogP contribution in [0.25, 0.3) is 0 Å². The average Bonchev–Trinajstić information content (AvgIpc) is 2.86. The molecule has 144 valence electrons. The van der Waals surface area contributed by atoms with Gasteiger partial charge < -0.3 is 20.5 Å². The molecule has 1 fully saturated rings. The Morgan fingerprint density at radius 2 is 1.00 bits per heavy atom. The summed E-state index contributed by atoms with van der Waals surface area (Å²) in [7, 11) is 0. The highest BCUT2D eigenvalue weighted by molar-refractivity contribution is 6.24. The van der Waals surface area contributed by atoms with Gasteiger partial charge in [0.25, 0.3) is 0 Å². The number of hydrogen-bond donors (Lipinski definition) is 4. The van der Waals surface area contributed by atoms with Gasteiger partial charge in [-0.1, -0.05) is 83.9 Å². The van der Waals surface area contributed by atoms with E-state index < -0.39 is 16.8 Å². The maximum atomic E-state index is 12.0. The third kappa shape index (κ3) is 2.41. The number of halogens is 1. The second kappa shape index (κ2) is 6.56. The summed E-state index contributed by atoms with van der Waals surface area (Å²) in [4.78, 5) is 0.976. The van der Waals surface area contributed by atoms with Crippen LogP contribution in [-0.4, -0.2) is 30.9 Å². The number of hydroxylamine groups is 2. The van der Waals surface area contributed by atoms with E-state index in [1.807, 2.05) is 0 Å². The van der Waals surface area contributed by atoms with Crippen LogP contribution in [0, 0.1) is 0 Å². The zero-order valence-corrected chi connectivity index (χ0v) is 15.5. The van der Waals surface area contributed by atoms with Gasteiger partial charge in [-0.25, -0.2) is 0 Å². The van der Waals surface area contributed by atoms with E-state index in [2.05, 4.69) is 0 Å². The summed E-state index contributed by atoms with van der Waals surface area (Å²) >= 11 is 6.32. The number of nitrogens with zero attached hydrogens (tertiary/aromatic N) is 2. The Labute approximate surface area is 167 Å². The van der Waals surface area contributed by atoms with Crippen molar-refractivity contribution < 1.29 is 20.5 Å². The Kier molecular flexibility index (Phi) is 4.43. The molecule has 1 saturated heterocycles. The van der Waals surface area contributed by atoms with E-state index in [1.165, 1.54) is 12.1 Å². The van der Waals surface area contributed by atoms with Gasteiger partial charge in [-0.3, -0.25) is 4.90 Å². The molecule has 0 amide bonds. The molecule has 0 aliphatic carbocycles. The minimum atomic E-state index is -2.66. The first-order valence-electron chi connectivity index (χ1n) is 8.66. The van der Waals surface area contributed by atoms with Crippen LogP contribution in [0.2, 0.25) is 0 Å². The van der Waals surface area contributed by atoms with E-state index >= 15 is 0 Å². The van der Waals surface area contributed by atoms with Crippen molar-refractivity contribution in [1.29, 1.82) is 0 Å². The fourth-order valence-electron chi connectivity index (χ4n) is 3.73. The lowest BCUT2D eigenvalue weighted by Gasteiger charge is -2.43. The summed E-state index contributed by atoms with van der Waals surface area (Å²) in [5.74, 6) is 0. The van der Waals surface area contributed by atoms with Gasteiger partial charge in [0.2, 0.25) is 11.4 Å². The Morgan fingerprint density at radius 1 is 0.607 bits per heavy atom. The van der Waals surface area contributed by atoms with Gasteiger partial charge in [0.15, 0.2) is 0 Å². The van der Waals surface area contributed by atoms with Crippen LogP contribution in [0.4, 0.5) is 5.69 Å². The standard InChI is InChI=1S/C21H19ClN2O4/c22-21(27)23(18-14-8-3-9-15-18)19(25,16-10-4-1-5-11-16)20(26,24(21)28)17-12-6-2-7-13-17/h1-15,25-28H. The first-order valence-corrected chi connectivity index (χ1v) is 9.04. The quantitative estimate of drug-likeness (QED) is 0.401. The molecule has 4 N–H and O–H groups in total. The highest BCUT2D eigenvalue weighted by Gasteiger charge is 2.74. The number of para-hydroxylation sites is 1. The van der Waals surface area contributed by atoms with Crippen molar-refractivity contribution in [2.45, 2.75) is 16.8 Å². The summed E-state index contributed by atoms with van der Waals surface area (Å²) < 4.78 is 0. The van der Waals surface area contributed by atoms with Crippen molar-refractivity contribution in [1.82, 2.24) is 5.06 Å². The summed E-state index contributed by atoms with van der Waals surface area (Å²) in [5.41, 5.74) is -4.19. The number of anilines is 1. The van der Waals surface area contributed by atoms with Crippen LogP contribution in [0.15, 0.2) is 91.0 Å². The van der Waals surface area contributed by atoms with Gasteiger partial charge in [-0.05, 0) is 23.7 Å². The van der Waals surface area contributed by atoms with Gasteiger partial charge in [-0.15, -0.1) is 0 Å². The second-order valence-corrected chi connectivity index (χ2v) is 7.12. The molecule has 0 radical (unpaired) electrons. The van der Waals surface area contributed by atoms with Gasteiger partial charge in [0, 0.05) is 16.8 Å². The first-order chi connectivity index (χ1) is 13.3. The molecule has 1 aliphatic rings. The lowest BCUT2D eigenvalue weighted by molar-refractivity contribution is -0.339. The van der Waals surface area contributed by atoms with Crippen molar-refractivity contribution in [3.05, 3.63) is 102 Å². The number of rotatable bonds is 3. The molecule has 0 bridgehead atoms. The zero-order chi connectivity index (χ0) is 20.0. The van der Waals surface area contributed by atoms with Crippen LogP contribution >= 0.6 is 11.6 Å². The average molecular weight is 399 g/mol. The largest absolute Gasteiger partial charge is 0.365 e. The molecular weight excluding hydrogens is 380 g/mol. The molecule has 6 nitrogen and oxygen atoms in total. The van der Waals surface area contributed by atoms with Crippen LogP contribution in [0.3, 0.4) is 0 Å². The normalized spacial score (nSPS) is 30.5. The van der Waals surface area contributed by atoms with Crippen molar-refractivity contribution in [3.63, 3.8) is 0 Å². The molecule has 28 heavy (non-hydrogen) atoms. The zero-order valence-electron chi connectivity index (χ0n) is 14.7. The Balaban J connectivity index is 2.06. The van der Waals surface area contributed by atoms with E-state index in [0.717, 1.165) is 4.90 Å². The number of aliphatic hydroxyl groups is 3. The molecule has 3 unspecified atom stereocenters. The van der Waals surface area contributed by atoms with E-state index in [0.29, 0.717) is 0 Å². The van der Waals surface area contributed by atoms with Crippen molar-refractivity contribution in [3.8, 4) is 0 Å². The molecular formula is C21H19ClN2O4. The van der Waals surface area contributed by atoms with E-state index in [9.17, 15) is 20.5 Å². The minimum Gasteiger partial charge on any atom is -0.365 e. The maximum absolute atomic E-state index is 12.0. The lowest BCUT2D eigenvalue weighted by Crippen LogP contribution is -2.57. The molecule has 3 aromatic rings. The monoisotopic (exact) mass is 398 g/mol. The molecule has 4 rings (SSSR count). The Bertz CT molecular complexity index is 958. The maximum Gasteiger partial charge on any atom is 0.308 e. The van der Waals surface area contributed by atoms with Gasteiger partial charge in [-0.2, -0.15) is 0 Å². The summed E-state index contributed by atoms with van der Waals surface area (Å²) in [6.07, 6.45) is 0. The third-order valence-electron chi connectivity index (χ3n) is 5.04. The predicted molar refractivity (Wildman–Crippen MR) is 104 cm³/mol. The highest BCUT2D eigenvalue weighted by Crippen LogP contribution is 2.57. The number of alkyl halides is 1. The van der Waals surface area contributed by atoms with Gasteiger partial charge >= 0.3 is 5.31 Å². The van der Waals surface area contributed by atoms with Crippen molar-refractivity contribution in [2.75, 3.05) is 4.90 Å². The van der Waals surface area contributed by atoms with Crippen LogP contribution in [0.1, 0.15) is 11.1 Å². The molecule has 3 aromatic carbocycles. The predicted octanol–water partition coefficient (Wildman–Crippen LogP) is 2.73. The summed E-state index contributed by atoms with van der Waals surface area (Å²) in [6.45, 7) is 0. The Hall–Kier alpha value is -2.45. The second-order valence-electron chi connectivity index (χ2n) is 6.61. The van der Waals surface area contributed by atoms with E-state index in [-0.39, 0.29) is 21.9 Å². The molecule has 1 aliphatic heterocycles.